The summed E-state index contributed by atoms with van der Waals surface area (Å²) in [4.78, 5) is 10.3. The summed E-state index contributed by atoms with van der Waals surface area (Å²) in [5.41, 5.74) is 1.77. The van der Waals surface area contributed by atoms with E-state index in [1.54, 1.807) is 23.7 Å². The van der Waals surface area contributed by atoms with Gasteiger partial charge in [-0.05, 0) is 11.1 Å². The highest BCUT2D eigenvalue weighted by Gasteiger charge is 2.18. The van der Waals surface area contributed by atoms with Crippen LogP contribution in [0.5, 0.6) is 0 Å². The van der Waals surface area contributed by atoms with Gasteiger partial charge in [0.25, 0.3) is 5.69 Å². The Kier molecular flexibility index (Phi) is 5.11. The minimum Gasteiger partial charge on any atom is -0.380 e. The standard InChI is InChI=1S/C17H16N4O3S/c1-20-16(15(22)13-5-3-2-4-6-13)18-19-17(20)25-11-12-7-9-14(10-8-12)21(23)24/h2-10,15,22H,11H2,1H3/t15-/m0/s1. The number of nitro groups is 1. The van der Waals surface area contributed by atoms with Gasteiger partial charge in [-0.3, -0.25) is 10.1 Å². The van der Waals surface area contributed by atoms with E-state index in [1.165, 1.54) is 23.9 Å². The number of aliphatic hydroxyl groups is 1. The maximum atomic E-state index is 10.7. The Morgan fingerprint density at radius 1 is 1.16 bits per heavy atom. The van der Waals surface area contributed by atoms with E-state index in [1.807, 2.05) is 30.3 Å². The van der Waals surface area contributed by atoms with Crippen molar-refractivity contribution >= 4 is 17.4 Å². The Labute approximate surface area is 148 Å². The first kappa shape index (κ1) is 17.1. The van der Waals surface area contributed by atoms with Crippen LogP contribution in [0.1, 0.15) is 23.1 Å². The van der Waals surface area contributed by atoms with Gasteiger partial charge in [-0.25, -0.2) is 0 Å². The molecule has 0 aliphatic heterocycles. The van der Waals surface area contributed by atoms with E-state index < -0.39 is 11.0 Å². The molecule has 0 aliphatic carbocycles. The normalized spacial score (nSPS) is 12.1. The topological polar surface area (TPSA) is 94.1 Å². The molecule has 3 rings (SSSR count). The van der Waals surface area contributed by atoms with Crippen molar-refractivity contribution in [1.29, 1.82) is 0 Å². The molecule has 1 aromatic heterocycles. The summed E-state index contributed by atoms with van der Waals surface area (Å²) in [6, 6.07) is 15.7. The van der Waals surface area contributed by atoms with Gasteiger partial charge in [0.05, 0.1) is 4.92 Å². The van der Waals surface area contributed by atoms with Gasteiger partial charge in [0.1, 0.15) is 6.10 Å². The zero-order valence-electron chi connectivity index (χ0n) is 13.4. The fraction of sp³-hybridized carbons (Fsp3) is 0.176. The SMILES string of the molecule is Cn1c(SCc2ccc([N+](=O)[O-])cc2)nnc1[C@@H](O)c1ccccc1. The largest absolute Gasteiger partial charge is 0.380 e. The predicted molar refractivity (Wildman–Crippen MR) is 94.2 cm³/mol. The second kappa shape index (κ2) is 7.45. The molecule has 1 heterocycles. The molecular formula is C17H16N4O3S. The average Bonchev–Trinajstić information content (AvgIpc) is 3.01. The van der Waals surface area contributed by atoms with Crippen LogP contribution in [-0.4, -0.2) is 24.8 Å². The van der Waals surface area contributed by atoms with Crippen LogP contribution in [0.25, 0.3) is 0 Å². The molecule has 0 saturated carbocycles. The van der Waals surface area contributed by atoms with E-state index in [-0.39, 0.29) is 5.69 Å². The third-order valence-corrected chi connectivity index (χ3v) is 4.83. The number of nitrogens with zero attached hydrogens (tertiary/aromatic N) is 4. The van der Waals surface area contributed by atoms with E-state index in [9.17, 15) is 15.2 Å². The molecule has 0 bridgehead atoms. The van der Waals surface area contributed by atoms with Crippen LogP contribution in [-0.2, 0) is 12.8 Å². The molecule has 0 amide bonds. The molecule has 0 saturated heterocycles. The summed E-state index contributed by atoms with van der Waals surface area (Å²) < 4.78 is 1.76. The minimum atomic E-state index is -0.840. The van der Waals surface area contributed by atoms with Crippen molar-refractivity contribution in [1.82, 2.24) is 14.8 Å². The lowest BCUT2D eigenvalue weighted by atomic mass is 10.1. The monoisotopic (exact) mass is 356 g/mol. The van der Waals surface area contributed by atoms with Crippen molar-refractivity contribution in [3.8, 4) is 0 Å². The van der Waals surface area contributed by atoms with Gasteiger partial charge in [-0.15, -0.1) is 10.2 Å². The van der Waals surface area contributed by atoms with E-state index in [0.717, 1.165) is 11.1 Å². The summed E-state index contributed by atoms with van der Waals surface area (Å²) >= 11 is 1.46. The van der Waals surface area contributed by atoms with Gasteiger partial charge in [-0.1, -0.05) is 54.2 Å². The van der Waals surface area contributed by atoms with Crippen LogP contribution in [0.4, 0.5) is 5.69 Å². The third kappa shape index (κ3) is 3.86. The lowest BCUT2D eigenvalue weighted by Gasteiger charge is -2.10. The number of non-ortho nitro benzene ring substituents is 1. The van der Waals surface area contributed by atoms with E-state index in [4.69, 9.17) is 0 Å². The Bertz CT molecular complexity index is 865. The molecule has 25 heavy (non-hydrogen) atoms. The molecule has 0 spiro atoms. The molecule has 7 nitrogen and oxygen atoms in total. The number of hydrogen-bond donors (Lipinski definition) is 1. The van der Waals surface area contributed by atoms with Crippen molar-refractivity contribution < 1.29 is 10.0 Å². The van der Waals surface area contributed by atoms with E-state index in [2.05, 4.69) is 10.2 Å². The summed E-state index contributed by atoms with van der Waals surface area (Å²) in [5.74, 6) is 1.07. The van der Waals surface area contributed by atoms with Crippen LogP contribution >= 0.6 is 11.8 Å². The molecule has 2 aromatic carbocycles. The van der Waals surface area contributed by atoms with E-state index >= 15 is 0 Å². The first-order valence-corrected chi connectivity index (χ1v) is 8.53. The number of hydrogen-bond acceptors (Lipinski definition) is 6. The Morgan fingerprint density at radius 3 is 2.48 bits per heavy atom. The van der Waals surface area contributed by atoms with Crippen LogP contribution in [0.3, 0.4) is 0 Å². The number of benzene rings is 2. The quantitative estimate of drug-likeness (QED) is 0.414. The van der Waals surface area contributed by atoms with Crippen LogP contribution in [0.15, 0.2) is 59.8 Å². The van der Waals surface area contributed by atoms with Crippen molar-refractivity contribution in [2.45, 2.75) is 17.0 Å². The Balaban J connectivity index is 1.70. The molecule has 0 radical (unpaired) electrons. The molecule has 0 unspecified atom stereocenters. The van der Waals surface area contributed by atoms with Gasteiger partial charge in [-0.2, -0.15) is 0 Å². The molecule has 3 aromatic rings. The maximum absolute atomic E-state index is 10.7. The molecule has 8 heteroatoms. The lowest BCUT2D eigenvalue weighted by Crippen LogP contribution is -2.07. The number of aromatic nitrogens is 3. The fourth-order valence-electron chi connectivity index (χ4n) is 2.34. The fourth-order valence-corrected chi connectivity index (χ4v) is 3.21. The molecule has 0 fully saturated rings. The van der Waals surface area contributed by atoms with Crippen molar-refractivity contribution in [2.24, 2.45) is 7.05 Å². The number of thioether (sulfide) groups is 1. The molecule has 128 valence electrons. The number of aliphatic hydroxyl groups excluding tert-OH is 1. The Hall–Kier alpha value is -2.71. The van der Waals surface area contributed by atoms with Crippen molar-refractivity contribution in [3.63, 3.8) is 0 Å². The zero-order valence-corrected chi connectivity index (χ0v) is 14.3. The van der Waals surface area contributed by atoms with Crippen molar-refractivity contribution in [2.75, 3.05) is 0 Å². The van der Waals surface area contributed by atoms with Gasteiger partial charge in [0.2, 0.25) is 0 Å². The van der Waals surface area contributed by atoms with Gasteiger partial charge in [0.15, 0.2) is 11.0 Å². The second-order valence-electron chi connectivity index (χ2n) is 5.43. The summed E-state index contributed by atoms with van der Waals surface area (Å²) in [6.45, 7) is 0. The summed E-state index contributed by atoms with van der Waals surface area (Å²) in [5, 5.41) is 30.0. The summed E-state index contributed by atoms with van der Waals surface area (Å²) in [7, 11) is 1.81. The van der Waals surface area contributed by atoms with Gasteiger partial charge < -0.3 is 9.67 Å². The van der Waals surface area contributed by atoms with Crippen molar-refractivity contribution in [3.05, 3.63) is 81.7 Å². The number of rotatable bonds is 6. The van der Waals surface area contributed by atoms with Crippen LogP contribution in [0.2, 0.25) is 0 Å². The van der Waals surface area contributed by atoms with Crippen LogP contribution in [0, 0.1) is 10.1 Å². The lowest BCUT2D eigenvalue weighted by molar-refractivity contribution is -0.384. The molecule has 1 atom stereocenters. The van der Waals surface area contributed by atoms with Crippen LogP contribution < -0.4 is 0 Å². The zero-order chi connectivity index (χ0) is 17.8. The first-order valence-electron chi connectivity index (χ1n) is 7.54. The van der Waals surface area contributed by atoms with Gasteiger partial charge >= 0.3 is 0 Å². The average molecular weight is 356 g/mol. The molecule has 0 aliphatic rings. The minimum absolute atomic E-state index is 0.0701. The summed E-state index contributed by atoms with van der Waals surface area (Å²) in [6.07, 6.45) is -0.840. The Morgan fingerprint density at radius 2 is 1.84 bits per heavy atom. The first-order chi connectivity index (χ1) is 12.1. The second-order valence-corrected chi connectivity index (χ2v) is 6.37. The third-order valence-electron chi connectivity index (χ3n) is 3.74. The highest BCUT2D eigenvalue weighted by atomic mass is 32.2. The highest BCUT2D eigenvalue weighted by Crippen LogP contribution is 2.26. The van der Waals surface area contributed by atoms with Gasteiger partial charge in [0, 0.05) is 24.9 Å². The highest BCUT2D eigenvalue weighted by molar-refractivity contribution is 7.98. The molecule has 1 N–H and O–H groups in total. The van der Waals surface area contributed by atoms with E-state index in [0.29, 0.717) is 16.7 Å². The molecular weight excluding hydrogens is 340 g/mol. The smallest absolute Gasteiger partial charge is 0.269 e. The maximum Gasteiger partial charge on any atom is 0.269 e. The number of nitro benzene ring substituents is 1. The predicted octanol–water partition coefficient (Wildman–Crippen LogP) is 3.10.